The second-order valence-corrected chi connectivity index (χ2v) is 9.16. The number of aromatic hydroxyl groups is 1. The van der Waals surface area contributed by atoms with Crippen LogP contribution < -0.4 is 10.6 Å². The Balaban J connectivity index is 1.61. The van der Waals surface area contributed by atoms with Crippen LogP contribution in [0.2, 0.25) is 10.0 Å². The molecule has 9 heteroatoms. The summed E-state index contributed by atoms with van der Waals surface area (Å²) in [5, 5.41) is 18.0. The highest BCUT2D eigenvalue weighted by atomic mass is 35.5. The zero-order valence-electron chi connectivity index (χ0n) is 16.2. The van der Waals surface area contributed by atoms with Gasteiger partial charge in [0.15, 0.2) is 0 Å². The number of halogens is 2. The maximum Gasteiger partial charge on any atom is 0.259 e. The SMILES string of the molecule is CN1CCc2cc(Nc3c(O)cc(Cl)cc3C(=O)Nc3ccc(Cl)cn3)sc2CC1. The number of pyridine rings is 1. The van der Waals surface area contributed by atoms with Crippen LogP contribution in [0.15, 0.2) is 36.5 Å². The van der Waals surface area contributed by atoms with E-state index in [1.54, 1.807) is 23.5 Å². The van der Waals surface area contributed by atoms with Gasteiger partial charge in [0.1, 0.15) is 11.6 Å². The lowest BCUT2D eigenvalue weighted by atomic mass is 10.1. The van der Waals surface area contributed by atoms with Gasteiger partial charge >= 0.3 is 0 Å². The van der Waals surface area contributed by atoms with E-state index in [1.807, 2.05) is 0 Å². The molecule has 0 saturated carbocycles. The molecule has 0 unspecified atom stereocenters. The molecule has 0 spiro atoms. The van der Waals surface area contributed by atoms with Gasteiger partial charge in [0.05, 0.1) is 21.3 Å². The number of fused-ring (bicyclic) bond motifs is 1. The van der Waals surface area contributed by atoms with Crippen LogP contribution in [0.1, 0.15) is 20.8 Å². The van der Waals surface area contributed by atoms with E-state index in [0.29, 0.717) is 16.5 Å². The number of carbonyl (C=O) groups is 1. The van der Waals surface area contributed by atoms with Crippen molar-refractivity contribution in [3.63, 3.8) is 0 Å². The number of nitrogens with one attached hydrogen (secondary N) is 2. The van der Waals surface area contributed by atoms with Gasteiger partial charge in [-0.25, -0.2) is 4.98 Å². The van der Waals surface area contributed by atoms with Crippen molar-refractivity contribution in [2.24, 2.45) is 0 Å². The Kier molecular flexibility index (Phi) is 6.15. The third-order valence-electron chi connectivity index (χ3n) is 4.92. The molecule has 2 aromatic heterocycles. The number of phenolic OH excluding ortho intramolecular Hbond substituents is 1. The Labute approximate surface area is 188 Å². The summed E-state index contributed by atoms with van der Waals surface area (Å²) < 4.78 is 0. The van der Waals surface area contributed by atoms with Crippen LogP contribution in [-0.4, -0.2) is 41.0 Å². The maximum absolute atomic E-state index is 12.9. The van der Waals surface area contributed by atoms with Gasteiger partial charge in [-0.3, -0.25) is 4.79 Å². The van der Waals surface area contributed by atoms with Gasteiger partial charge in [-0.15, -0.1) is 11.3 Å². The van der Waals surface area contributed by atoms with Gasteiger partial charge in [0.2, 0.25) is 0 Å². The van der Waals surface area contributed by atoms with Gasteiger partial charge < -0.3 is 20.6 Å². The van der Waals surface area contributed by atoms with Crippen LogP contribution in [0.3, 0.4) is 0 Å². The van der Waals surface area contributed by atoms with Crippen LogP contribution in [0.5, 0.6) is 5.75 Å². The number of amides is 1. The van der Waals surface area contributed by atoms with Gasteiger partial charge in [0, 0.05) is 35.3 Å². The maximum atomic E-state index is 12.9. The molecule has 0 radical (unpaired) electrons. The fourth-order valence-corrected chi connectivity index (χ4v) is 4.76. The van der Waals surface area contributed by atoms with E-state index in [0.717, 1.165) is 30.9 Å². The highest BCUT2D eigenvalue weighted by Gasteiger charge is 2.20. The van der Waals surface area contributed by atoms with Crippen molar-refractivity contribution in [1.29, 1.82) is 0 Å². The number of rotatable bonds is 4. The van der Waals surface area contributed by atoms with Crippen LogP contribution in [0, 0.1) is 0 Å². The fourth-order valence-electron chi connectivity index (χ4n) is 3.33. The molecule has 4 rings (SSSR count). The van der Waals surface area contributed by atoms with Crippen molar-refractivity contribution in [2.45, 2.75) is 12.8 Å². The smallest absolute Gasteiger partial charge is 0.259 e. The summed E-state index contributed by atoms with van der Waals surface area (Å²) in [6.07, 6.45) is 3.41. The third kappa shape index (κ3) is 4.70. The molecule has 1 amide bonds. The topological polar surface area (TPSA) is 77.5 Å². The summed E-state index contributed by atoms with van der Waals surface area (Å²) in [5.41, 5.74) is 1.83. The predicted molar refractivity (Wildman–Crippen MR) is 123 cm³/mol. The summed E-state index contributed by atoms with van der Waals surface area (Å²) in [7, 11) is 2.13. The average Bonchev–Trinajstić information content (AvgIpc) is 3.01. The van der Waals surface area contributed by atoms with Gasteiger partial charge in [-0.2, -0.15) is 0 Å². The van der Waals surface area contributed by atoms with Gasteiger partial charge in [0.25, 0.3) is 5.91 Å². The van der Waals surface area contributed by atoms with Crippen LogP contribution in [0.4, 0.5) is 16.5 Å². The number of hydrogen-bond donors (Lipinski definition) is 3. The summed E-state index contributed by atoms with van der Waals surface area (Å²) in [4.78, 5) is 20.6. The molecule has 0 bridgehead atoms. The van der Waals surface area contributed by atoms with E-state index in [1.165, 1.54) is 28.8 Å². The predicted octanol–water partition coefficient (Wildman–Crippen LogP) is 5.18. The Morgan fingerprint density at radius 2 is 1.97 bits per heavy atom. The van der Waals surface area contributed by atoms with E-state index in [2.05, 4.69) is 33.6 Å². The van der Waals surface area contributed by atoms with E-state index in [-0.39, 0.29) is 16.3 Å². The quantitative estimate of drug-likeness (QED) is 0.465. The minimum absolute atomic E-state index is 0.0972. The lowest BCUT2D eigenvalue weighted by Crippen LogP contribution is -2.20. The normalized spacial score (nSPS) is 14.1. The van der Waals surface area contributed by atoms with Crippen LogP contribution in [-0.2, 0) is 12.8 Å². The van der Waals surface area contributed by atoms with Crippen molar-refractivity contribution >= 4 is 57.0 Å². The number of phenols is 1. The van der Waals surface area contributed by atoms with Crippen molar-refractivity contribution < 1.29 is 9.90 Å². The number of aromatic nitrogens is 1. The number of thiophene rings is 1. The van der Waals surface area contributed by atoms with E-state index < -0.39 is 5.91 Å². The molecule has 156 valence electrons. The first-order chi connectivity index (χ1) is 14.4. The summed E-state index contributed by atoms with van der Waals surface area (Å²) in [6, 6.07) is 8.26. The summed E-state index contributed by atoms with van der Waals surface area (Å²) in [5.74, 6) is -0.188. The minimum atomic E-state index is -0.440. The Morgan fingerprint density at radius 1 is 1.17 bits per heavy atom. The molecule has 0 fully saturated rings. The van der Waals surface area contributed by atoms with E-state index >= 15 is 0 Å². The number of anilines is 3. The highest BCUT2D eigenvalue weighted by Crippen LogP contribution is 2.38. The molecule has 0 saturated heterocycles. The van der Waals surface area contributed by atoms with E-state index in [4.69, 9.17) is 23.2 Å². The van der Waals surface area contributed by atoms with Crippen molar-refractivity contribution in [3.05, 3.63) is 62.6 Å². The van der Waals surface area contributed by atoms with Crippen molar-refractivity contribution in [3.8, 4) is 5.75 Å². The van der Waals surface area contributed by atoms with Gasteiger partial charge in [-0.05, 0) is 49.7 Å². The number of nitrogens with zero attached hydrogens (tertiary/aromatic N) is 2. The summed E-state index contributed by atoms with van der Waals surface area (Å²) >= 11 is 13.6. The van der Waals surface area contributed by atoms with Crippen LogP contribution >= 0.6 is 34.5 Å². The molecule has 0 aliphatic carbocycles. The molecule has 30 heavy (non-hydrogen) atoms. The first kappa shape index (κ1) is 20.9. The van der Waals surface area contributed by atoms with Crippen molar-refractivity contribution in [1.82, 2.24) is 9.88 Å². The molecule has 3 heterocycles. The monoisotopic (exact) mass is 462 g/mol. The molecule has 0 atom stereocenters. The molecule has 6 nitrogen and oxygen atoms in total. The second-order valence-electron chi connectivity index (χ2n) is 7.15. The second kappa shape index (κ2) is 8.81. The van der Waals surface area contributed by atoms with Crippen LogP contribution in [0.25, 0.3) is 0 Å². The Morgan fingerprint density at radius 3 is 2.73 bits per heavy atom. The Bertz CT molecular complexity index is 1060. The first-order valence-electron chi connectivity index (χ1n) is 9.41. The standard InChI is InChI=1S/C21H20Cl2N4O2S/c1-27-6-4-12-8-19(30-17(12)5-7-27)26-20-15(9-14(23)10-16(20)28)21(29)25-18-3-2-13(22)11-24-18/h2-3,8-11,26,28H,4-7H2,1H3,(H,24,25,29). The number of hydrogen-bond acceptors (Lipinski definition) is 6. The molecular formula is C21H20Cl2N4O2S. The fraction of sp³-hybridized carbons (Fsp3) is 0.238. The lowest BCUT2D eigenvalue weighted by Gasteiger charge is -2.14. The highest BCUT2D eigenvalue weighted by molar-refractivity contribution is 7.16. The van der Waals surface area contributed by atoms with E-state index in [9.17, 15) is 9.90 Å². The first-order valence-corrected chi connectivity index (χ1v) is 11.0. The Hall–Kier alpha value is -2.32. The molecule has 1 aromatic carbocycles. The summed E-state index contributed by atoms with van der Waals surface area (Å²) in [6.45, 7) is 2.03. The number of benzene rings is 1. The molecule has 3 aromatic rings. The zero-order chi connectivity index (χ0) is 21.3. The third-order valence-corrected chi connectivity index (χ3v) is 6.52. The molecule has 1 aliphatic heterocycles. The lowest BCUT2D eigenvalue weighted by molar-refractivity contribution is 0.102. The average molecular weight is 463 g/mol. The molecular weight excluding hydrogens is 443 g/mol. The van der Waals surface area contributed by atoms with Gasteiger partial charge in [-0.1, -0.05) is 23.2 Å². The van der Waals surface area contributed by atoms with Crippen molar-refractivity contribution in [2.75, 3.05) is 30.8 Å². The molecule has 3 N–H and O–H groups in total. The minimum Gasteiger partial charge on any atom is -0.506 e. The zero-order valence-corrected chi connectivity index (χ0v) is 18.5. The molecule has 1 aliphatic rings. The largest absolute Gasteiger partial charge is 0.506 e. The number of carbonyl (C=O) groups excluding carboxylic acids is 1. The number of likely N-dealkylation sites (N-methyl/N-ethyl adjacent to an activating group) is 1.